The van der Waals surface area contributed by atoms with Crippen LogP contribution >= 0.6 is 15.9 Å². The first-order chi connectivity index (χ1) is 6.06. The molecule has 0 aliphatic rings. The van der Waals surface area contributed by atoms with Gasteiger partial charge in [0, 0.05) is 19.2 Å². The Labute approximate surface area is 85.8 Å². The first-order valence-electron chi connectivity index (χ1n) is 4.07. The van der Waals surface area contributed by atoms with Crippen LogP contribution in [0.15, 0.2) is 15.2 Å². The molecule has 1 amide bonds. The van der Waals surface area contributed by atoms with Gasteiger partial charge in [-0.05, 0) is 35.8 Å². The van der Waals surface area contributed by atoms with Crippen molar-refractivity contribution in [2.75, 3.05) is 13.6 Å². The molecule has 0 N–H and O–H groups in total. The zero-order chi connectivity index (χ0) is 10.0. The molecule has 4 heteroatoms. The molecule has 0 radical (unpaired) electrons. The Morgan fingerprint density at radius 2 is 2.31 bits per heavy atom. The first-order valence-corrected chi connectivity index (χ1v) is 4.87. The van der Waals surface area contributed by atoms with Crippen molar-refractivity contribution in [2.45, 2.75) is 13.8 Å². The van der Waals surface area contributed by atoms with Gasteiger partial charge in [0.1, 0.15) is 0 Å². The number of furan rings is 1. The second-order valence-electron chi connectivity index (χ2n) is 2.88. The van der Waals surface area contributed by atoms with E-state index in [0.29, 0.717) is 17.0 Å². The van der Waals surface area contributed by atoms with E-state index in [1.165, 1.54) is 0 Å². The summed E-state index contributed by atoms with van der Waals surface area (Å²) in [5, 5.41) is 0. The molecule has 1 heterocycles. The molecule has 0 aliphatic carbocycles. The highest BCUT2D eigenvalue weighted by Crippen LogP contribution is 2.20. The maximum atomic E-state index is 11.6. The molecule has 1 rings (SSSR count). The predicted octanol–water partition coefficient (Wildman–Crippen LogP) is 2.44. The first kappa shape index (κ1) is 10.3. The van der Waals surface area contributed by atoms with Crippen molar-refractivity contribution in [2.24, 2.45) is 0 Å². The van der Waals surface area contributed by atoms with E-state index in [0.717, 1.165) is 5.56 Å². The van der Waals surface area contributed by atoms with Crippen LogP contribution in [0.3, 0.4) is 0 Å². The highest BCUT2D eigenvalue weighted by atomic mass is 79.9. The molecule has 1 aromatic rings. The summed E-state index contributed by atoms with van der Waals surface area (Å²) in [5.41, 5.74) is 0.858. The Morgan fingerprint density at radius 3 is 2.69 bits per heavy atom. The van der Waals surface area contributed by atoms with Crippen LogP contribution in [0.4, 0.5) is 0 Å². The molecular weight excluding hydrogens is 234 g/mol. The van der Waals surface area contributed by atoms with Gasteiger partial charge >= 0.3 is 0 Å². The molecule has 3 nitrogen and oxygen atoms in total. The lowest BCUT2D eigenvalue weighted by Crippen LogP contribution is -2.26. The third-order valence-corrected chi connectivity index (χ3v) is 2.29. The van der Waals surface area contributed by atoms with Gasteiger partial charge in [-0.25, -0.2) is 0 Å². The summed E-state index contributed by atoms with van der Waals surface area (Å²) in [6.45, 7) is 4.45. The number of rotatable bonds is 2. The third kappa shape index (κ3) is 2.12. The van der Waals surface area contributed by atoms with Crippen molar-refractivity contribution in [3.8, 4) is 0 Å². The van der Waals surface area contributed by atoms with E-state index in [9.17, 15) is 4.79 Å². The molecule has 0 aromatic carbocycles. The number of aryl methyl sites for hydroxylation is 1. The molecule has 1 aromatic heterocycles. The van der Waals surface area contributed by atoms with Crippen molar-refractivity contribution >= 4 is 21.8 Å². The highest BCUT2D eigenvalue weighted by Gasteiger charge is 2.17. The van der Waals surface area contributed by atoms with Gasteiger partial charge in [0.05, 0.1) is 0 Å². The van der Waals surface area contributed by atoms with E-state index in [1.54, 1.807) is 18.0 Å². The van der Waals surface area contributed by atoms with E-state index in [2.05, 4.69) is 15.9 Å². The van der Waals surface area contributed by atoms with Crippen LogP contribution < -0.4 is 0 Å². The van der Waals surface area contributed by atoms with Crippen LogP contribution in [0.2, 0.25) is 0 Å². The van der Waals surface area contributed by atoms with Crippen LogP contribution in [0.25, 0.3) is 0 Å². The minimum Gasteiger partial charge on any atom is -0.444 e. The Bertz CT molecular complexity index is 319. The van der Waals surface area contributed by atoms with Crippen molar-refractivity contribution in [1.29, 1.82) is 0 Å². The van der Waals surface area contributed by atoms with Crippen molar-refractivity contribution in [3.05, 3.63) is 22.1 Å². The van der Waals surface area contributed by atoms with E-state index in [1.807, 2.05) is 13.8 Å². The molecule has 0 unspecified atom stereocenters. The van der Waals surface area contributed by atoms with Crippen LogP contribution in [-0.2, 0) is 0 Å². The summed E-state index contributed by atoms with van der Waals surface area (Å²) in [4.78, 5) is 13.2. The van der Waals surface area contributed by atoms with Crippen LogP contribution in [0.1, 0.15) is 23.0 Å². The van der Waals surface area contributed by atoms with Crippen LogP contribution in [0.5, 0.6) is 0 Å². The Balaban J connectivity index is 2.94. The minimum absolute atomic E-state index is 0.0781. The van der Waals surface area contributed by atoms with E-state index < -0.39 is 0 Å². The summed E-state index contributed by atoms with van der Waals surface area (Å²) in [5.74, 6) is 0.335. The zero-order valence-electron chi connectivity index (χ0n) is 7.93. The number of hydrogen-bond acceptors (Lipinski definition) is 2. The second kappa shape index (κ2) is 3.96. The number of halogens is 1. The monoisotopic (exact) mass is 245 g/mol. The Hall–Kier alpha value is -0.770. The smallest absolute Gasteiger partial charge is 0.289 e. The predicted molar refractivity (Wildman–Crippen MR) is 53.8 cm³/mol. The summed E-state index contributed by atoms with van der Waals surface area (Å²) < 4.78 is 5.82. The van der Waals surface area contributed by atoms with E-state index >= 15 is 0 Å². The molecular formula is C9H12BrNO2. The lowest BCUT2D eigenvalue weighted by Gasteiger charge is -2.12. The Morgan fingerprint density at radius 1 is 1.69 bits per heavy atom. The molecule has 0 bridgehead atoms. The standard InChI is InChI=1S/C9H12BrNO2/c1-4-11(3)9(12)8-6(2)5-7(10)13-8/h5H,4H2,1-3H3. The SMILES string of the molecule is CCN(C)C(=O)c1oc(Br)cc1C. The molecule has 0 aliphatic heterocycles. The van der Waals surface area contributed by atoms with Gasteiger partial charge in [-0.3, -0.25) is 4.79 Å². The van der Waals surface area contributed by atoms with E-state index in [-0.39, 0.29) is 5.91 Å². The second-order valence-corrected chi connectivity index (χ2v) is 3.66. The molecule has 0 saturated heterocycles. The average molecular weight is 246 g/mol. The van der Waals surface area contributed by atoms with Gasteiger partial charge in [-0.15, -0.1) is 0 Å². The van der Waals surface area contributed by atoms with Gasteiger partial charge in [0.15, 0.2) is 10.4 Å². The number of carbonyl (C=O) groups is 1. The highest BCUT2D eigenvalue weighted by molar-refractivity contribution is 9.10. The lowest BCUT2D eigenvalue weighted by molar-refractivity contribution is 0.0768. The molecule has 0 saturated carbocycles. The van der Waals surface area contributed by atoms with Gasteiger partial charge in [0.2, 0.25) is 0 Å². The van der Waals surface area contributed by atoms with Crippen LogP contribution in [-0.4, -0.2) is 24.4 Å². The van der Waals surface area contributed by atoms with Crippen molar-refractivity contribution in [1.82, 2.24) is 4.90 Å². The number of hydrogen-bond donors (Lipinski definition) is 0. The minimum atomic E-state index is -0.0781. The molecule has 0 atom stereocenters. The fraction of sp³-hybridized carbons (Fsp3) is 0.444. The largest absolute Gasteiger partial charge is 0.444 e. The van der Waals surface area contributed by atoms with Crippen LogP contribution in [0, 0.1) is 6.92 Å². The number of amides is 1. The fourth-order valence-corrected chi connectivity index (χ4v) is 1.48. The quantitative estimate of drug-likeness (QED) is 0.802. The average Bonchev–Trinajstić information content (AvgIpc) is 2.42. The van der Waals surface area contributed by atoms with Gasteiger partial charge in [0.25, 0.3) is 5.91 Å². The van der Waals surface area contributed by atoms with Crippen molar-refractivity contribution in [3.63, 3.8) is 0 Å². The maximum absolute atomic E-state index is 11.6. The Kier molecular flexibility index (Phi) is 3.14. The zero-order valence-corrected chi connectivity index (χ0v) is 9.51. The summed E-state index contributed by atoms with van der Waals surface area (Å²) >= 11 is 3.18. The number of nitrogens with zero attached hydrogens (tertiary/aromatic N) is 1. The van der Waals surface area contributed by atoms with Crippen molar-refractivity contribution < 1.29 is 9.21 Å². The summed E-state index contributed by atoms with van der Waals surface area (Å²) in [6.07, 6.45) is 0. The van der Waals surface area contributed by atoms with Gasteiger partial charge in [-0.2, -0.15) is 0 Å². The molecule has 13 heavy (non-hydrogen) atoms. The van der Waals surface area contributed by atoms with Gasteiger partial charge < -0.3 is 9.32 Å². The molecule has 0 fully saturated rings. The number of carbonyl (C=O) groups excluding carboxylic acids is 1. The maximum Gasteiger partial charge on any atom is 0.289 e. The lowest BCUT2D eigenvalue weighted by atomic mass is 10.2. The molecule has 72 valence electrons. The summed E-state index contributed by atoms with van der Waals surface area (Å²) in [7, 11) is 1.75. The van der Waals surface area contributed by atoms with Gasteiger partial charge in [-0.1, -0.05) is 0 Å². The normalized spacial score (nSPS) is 10.2. The fourth-order valence-electron chi connectivity index (χ4n) is 0.973. The topological polar surface area (TPSA) is 33.5 Å². The summed E-state index contributed by atoms with van der Waals surface area (Å²) in [6, 6.07) is 1.79. The third-order valence-electron chi connectivity index (χ3n) is 1.90. The molecule has 0 spiro atoms. The van der Waals surface area contributed by atoms with E-state index in [4.69, 9.17) is 4.42 Å².